The minimum atomic E-state index is 0.591. The van der Waals surface area contributed by atoms with Crippen molar-refractivity contribution in [1.29, 1.82) is 0 Å². The summed E-state index contributed by atoms with van der Waals surface area (Å²) in [4.78, 5) is 0. The Bertz CT molecular complexity index is 113. The van der Waals surface area contributed by atoms with Crippen molar-refractivity contribution < 1.29 is 4.74 Å². The van der Waals surface area contributed by atoms with Crippen LogP contribution in [0.3, 0.4) is 0 Å². The van der Waals surface area contributed by atoms with E-state index in [0.29, 0.717) is 6.61 Å². The van der Waals surface area contributed by atoms with Crippen LogP contribution in [-0.2, 0) is 4.74 Å². The van der Waals surface area contributed by atoms with E-state index in [-0.39, 0.29) is 0 Å². The minimum absolute atomic E-state index is 0.591. The van der Waals surface area contributed by atoms with E-state index in [0.717, 1.165) is 23.1 Å². The molecule has 0 rings (SSSR count). The molecule has 0 aromatic heterocycles. The van der Waals surface area contributed by atoms with Crippen LogP contribution in [0.5, 0.6) is 0 Å². The van der Waals surface area contributed by atoms with E-state index in [1.807, 2.05) is 6.92 Å². The van der Waals surface area contributed by atoms with Crippen molar-refractivity contribution in [3.05, 3.63) is 23.2 Å². The third-order valence-electron chi connectivity index (χ3n) is 0.932. The summed E-state index contributed by atoms with van der Waals surface area (Å²) in [5.74, 6) is 0. The molecule has 2 heteroatoms. The molecule has 0 saturated heterocycles. The van der Waals surface area contributed by atoms with E-state index in [9.17, 15) is 0 Å². The van der Waals surface area contributed by atoms with Gasteiger partial charge in [0, 0.05) is 4.48 Å². The third kappa shape index (κ3) is 7.92. The molecule has 0 aliphatic heterocycles. The normalized spacial score (nSPS) is 9.40. The Morgan fingerprint density at radius 1 is 1.50 bits per heavy atom. The Hall–Kier alpha value is -0.0800. The molecular formula is C8H13BrO. The lowest BCUT2D eigenvalue weighted by Crippen LogP contribution is -1.95. The summed E-state index contributed by atoms with van der Waals surface area (Å²) in [6.45, 7) is 10.7. The summed E-state index contributed by atoms with van der Waals surface area (Å²) in [5, 5.41) is 0. The number of halogens is 1. The lowest BCUT2D eigenvalue weighted by atomic mass is 10.3. The second kappa shape index (κ2) is 5.69. The van der Waals surface area contributed by atoms with Crippen molar-refractivity contribution >= 4 is 15.9 Å². The van der Waals surface area contributed by atoms with Gasteiger partial charge < -0.3 is 4.74 Å². The molecule has 0 aliphatic rings. The molecule has 0 unspecified atom stereocenters. The molecule has 0 amide bonds. The fourth-order valence-corrected chi connectivity index (χ4v) is 0.591. The molecule has 0 aliphatic carbocycles. The first-order valence-electron chi connectivity index (χ1n) is 3.18. The SMILES string of the molecule is C=C(C)CCOCC(=C)Br. The highest BCUT2D eigenvalue weighted by molar-refractivity contribution is 9.11. The van der Waals surface area contributed by atoms with Gasteiger partial charge in [0.1, 0.15) is 0 Å². The molecule has 0 fully saturated rings. The molecule has 0 N–H and O–H groups in total. The Morgan fingerprint density at radius 2 is 2.10 bits per heavy atom. The molecule has 0 bridgehead atoms. The molecule has 0 aromatic carbocycles. The zero-order valence-corrected chi connectivity index (χ0v) is 7.91. The van der Waals surface area contributed by atoms with Gasteiger partial charge in [0.15, 0.2) is 0 Å². The maximum absolute atomic E-state index is 5.20. The number of rotatable bonds is 5. The summed E-state index contributed by atoms with van der Waals surface area (Å²) >= 11 is 3.20. The highest BCUT2D eigenvalue weighted by Gasteiger charge is 1.89. The lowest BCUT2D eigenvalue weighted by molar-refractivity contribution is 0.164. The molecule has 0 spiro atoms. The highest BCUT2D eigenvalue weighted by Crippen LogP contribution is 2.02. The van der Waals surface area contributed by atoms with Crippen molar-refractivity contribution in [2.45, 2.75) is 13.3 Å². The van der Waals surface area contributed by atoms with Crippen LogP contribution in [0.25, 0.3) is 0 Å². The van der Waals surface area contributed by atoms with Crippen LogP contribution in [-0.4, -0.2) is 13.2 Å². The van der Waals surface area contributed by atoms with E-state index in [1.165, 1.54) is 0 Å². The number of hydrogen-bond acceptors (Lipinski definition) is 1. The van der Waals surface area contributed by atoms with E-state index >= 15 is 0 Å². The summed E-state index contributed by atoms with van der Waals surface area (Å²) in [5.41, 5.74) is 1.15. The van der Waals surface area contributed by atoms with Crippen molar-refractivity contribution in [3.8, 4) is 0 Å². The fraction of sp³-hybridized carbons (Fsp3) is 0.500. The predicted octanol–water partition coefficient (Wildman–Crippen LogP) is 2.88. The average Bonchev–Trinajstić information content (AvgIpc) is 1.79. The highest BCUT2D eigenvalue weighted by atomic mass is 79.9. The second-order valence-electron chi connectivity index (χ2n) is 2.28. The van der Waals surface area contributed by atoms with Gasteiger partial charge in [0.2, 0.25) is 0 Å². The number of ether oxygens (including phenoxy) is 1. The largest absolute Gasteiger partial charge is 0.376 e. The Labute approximate surface area is 70.9 Å². The first-order valence-corrected chi connectivity index (χ1v) is 3.97. The lowest BCUT2D eigenvalue weighted by Gasteiger charge is -2.01. The average molecular weight is 205 g/mol. The van der Waals surface area contributed by atoms with Crippen LogP contribution < -0.4 is 0 Å². The first kappa shape index (κ1) is 9.92. The smallest absolute Gasteiger partial charge is 0.0776 e. The van der Waals surface area contributed by atoms with Gasteiger partial charge in [-0.15, -0.1) is 6.58 Å². The molecule has 1 nitrogen and oxygen atoms in total. The van der Waals surface area contributed by atoms with Crippen LogP contribution in [0.1, 0.15) is 13.3 Å². The second-order valence-corrected chi connectivity index (χ2v) is 3.40. The van der Waals surface area contributed by atoms with Crippen LogP contribution in [0, 0.1) is 0 Å². The van der Waals surface area contributed by atoms with Crippen LogP contribution >= 0.6 is 15.9 Å². The maximum atomic E-state index is 5.20. The summed E-state index contributed by atoms with van der Waals surface area (Å²) < 4.78 is 6.08. The van der Waals surface area contributed by atoms with Gasteiger partial charge in [-0.3, -0.25) is 0 Å². The zero-order chi connectivity index (χ0) is 7.98. The molecule has 0 aromatic rings. The summed E-state index contributed by atoms with van der Waals surface area (Å²) in [6, 6.07) is 0. The Morgan fingerprint density at radius 3 is 2.50 bits per heavy atom. The van der Waals surface area contributed by atoms with Gasteiger partial charge in [-0.1, -0.05) is 28.1 Å². The molecule has 0 atom stereocenters. The van der Waals surface area contributed by atoms with Gasteiger partial charge in [-0.05, 0) is 13.3 Å². The molecule has 0 radical (unpaired) electrons. The van der Waals surface area contributed by atoms with E-state index in [1.54, 1.807) is 0 Å². The van der Waals surface area contributed by atoms with Crippen molar-refractivity contribution in [2.75, 3.05) is 13.2 Å². The van der Waals surface area contributed by atoms with Gasteiger partial charge in [0.05, 0.1) is 13.2 Å². The van der Waals surface area contributed by atoms with Crippen molar-refractivity contribution in [3.63, 3.8) is 0 Å². The maximum Gasteiger partial charge on any atom is 0.0776 e. The molecule has 10 heavy (non-hydrogen) atoms. The molecular weight excluding hydrogens is 192 g/mol. The first-order chi connectivity index (χ1) is 4.63. The van der Waals surface area contributed by atoms with Crippen LogP contribution in [0.2, 0.25) is 0 Å². The topological polar surface area (TPSA) is 9.23 Å². The third-order valence-corrected chi connectivity index (χ3v) is 1.16. The van der Waals surface area contributed by atoms with Crippen molar-refractivity contribution in [1.82, 2.24) is 0 Å². The standard InChI is InChI=1S/C8H13BrO/c1-7(2)4-5-10-6-8(3)9/h1,3-6H2,2H3. The van der Waals surface area contributed by atoms with Gasteiger partial charge in [0.25, 0.3) is 0 Å². The monoisotopic (exact) mass is 204 g/mol. The van der Waals surface area contributed by atoms with Gasteiger partial charge >= 0.3 is 0 Å². The fourth-order valence-electron chi connectivity index (χ4n) is 0.429. The molecule has 58 valence electrons. The molecule has 0 heterocycles. The minimum Gasteiger partial charge on any atom is -0.376 e. The summed E-state index contributed by atoms with van der Waals surface area (Å²) in [6.07, 6.45) is 0.931. The number of hydrogen-bond donors (Lipinski definition) is 0. The van der Waals surface area contributed by atoms with Gasteiger partial charge in [-0.2, -0.15) is 0 Å². The van der Waals surface area contributed by atoms with Crippen LogP contribution in [0.4, 0.5) is 0 Å². The summed E-state index contributed by atoms with van der Waals surface area (Å²) in [7, 11) is 0. The van der Waals surface area contributed by atoms with E-state index in [2.05, 4.69) is 29.1 Å². The quantitative estimate of drug-likeness (QED) is 0.495. The predicted molar refractivity (Wildman–Crippen MR) is 48.3 cm³/mol. The zero-order valence-electron chi connectivity index (χ0n) is 6.32. The van der Waals surface area contributed by atoms with Gasteiger partial charge in [-0.25, -0.2) is 0 Å². The van der Waals surface area contributed by atoms with E-state index in [4.69, 9.17) is 4.74 Å². The van der Waals surface area contributed by atoms with Crippen LogP contribution in [0.15, 0.2) is 23.2 Å². The Balaban J connectivity index is 3.06. The van der Waals surface area contributed by atoms with E-state index < -0.39 is 0 Å². The van der Waals surface area contributed by atoms with Crippen molar-refractivity contribution in [2.24, 2.45) is 0 Å². The molecule has 0 saturated carbocycles. The Kier molecular flexibility index (Phi) is 5.64.